The van der Waals surface area contributed by atoms with Crippen LogP contribution in [0.3, 0.4) is 0 Å². The molecule has 0 aromatic rings. The number of hydrogen-bond acceptors (Lipinski definition) is 3. The third kappa shape index (κ3) is 2.25. The van der Waals surface area contributed by atoms with Crippen molar-refractivity contribution in [3.8, 4) is 0 Å². The van der Waals surface area contributed by atoms with Gasteiger partial charge in [0.15, 0.2) is 0 Å². The van der Waals surface area contributed by atoms with Gasteiger partial charge in [-0.1, -0.05) is 12.8 Å². The summed E-state index contributed by atoms with van der Waals surface area (Å²) in [4.78, 5) is 0. The van der Waals surface area contributed by atoms with Gasteiger partial charge in [-0.25, -0.2) is 0 Å². The summed E-state index contributed by atoms with van der Waals surface area (Å²) in [5.41, 5.74) is 0.189. The van der Waals surface area contributed by atoms with E-state index in [1.807, 2.05) is 0 Å². The molecule has 2 aliphatic heterocycles. The zero-order valence-corrected chi connectivity index (χ0v) is 11.1. The molecule has 1 aliphatic carbocycles. The molecule has 0 radical (unpaired) electrons. The molecule has 2 atom stereocenters. The molecule has 2 spiro atoms. The van der Waals surface area contributed by atoms with Gasteiger partial charge < -0.3 is 14.8 Å². The fraction of sp³-hybridized carbons (Fsp3) is 1.00. The van der Waals surface area contributed by atoms with Crippen LogP contribution in [0.4, 0.5) is 0 Å². The number of rotatable bonds is 0. The van der Waals surface area contributed by atoms with Gasteiger partial charge in [-0.2, -0.15) is 0 Å². The predicted octanol–water partition coefficient (Wildman–Crippen LogP) is 2.25. The first kappa shape index (κ1) is 11.9. The molecule has 3 fully saturated rings. The second-order valence-corrected chi connectivity index (χ2v) is 6.44. The van der Waals surface area contributed by atoms with E-state index >= 15 is 0 Å². The molecular formula is C14H25NO2. The molecule has 0 bridgehead atoms. The lowest BCUT2D eigenvalue weighted by Gasteiger charge is -2.51. The molecule has 0 aromatic carbocycles. The van der Waals surface area contributed by atoms with Crippen LogP contribution < -0.4 is 5.32 Å². The molecule has 3 rings (SSSR count). The largest absolute Gasteiger partial charge is 0.375 e. The van der Waals surface area contributed by atoms with Crippen LogP contribution in [0.25, 0.3) is 0 Å². The summed E-state index contributed by atoms with van der Waals surface area (Å²) in [7, 11) is 0. The van der Waals surface area contributed by atoms with E-state index in [-0.39, 0.29) is 11.2 Å². The zero-order chi connectivity index (χ0) is 11.9. The summed E-state index contributed by atoms with van der Waals surface area (Å²) in [6.07, 6.45) is 7.91. The lowest BCUT2D eigenvalue weighted by Crippen LogP contribution is -2.62. The van der Waals surface area contributed by atoms with Crippen molar-refractivity contribution in [2.75, 3.05) is 13.1 Å². The van der Waals surface area contributed by atoms with Gasteiger partial charge in [-0.15, -0.1) is 0 Å². The quantitative estimate of drug-likeness (QED) is 0.703. The molecule has 1 N–H and O–H groups in total. The first-order valence-corrected chi connectivity index (χ1v) is 7.18. The third-order valence-electron chi connectivity index (χ3n) is 4.63. The van der Waals surface area contributed by atoms with E-state index in [1.54, 1.807) is 0 Å². The highest BCUT2D eigenvalue weighted by Gasteiger charge is 2.49. The smallest absolute Gasteiger partial charge is 0.0863 e. The molecule has 2 unspecified atom stereocenters. The lowest BCUT2D eigenvalue weighted by atomic mass is 9.83. The van der Waals surface area contributed by atoms with Gasteiger partial charge in [0.1, 0.15) is 0 Å². The van der Waals surface area contributed by atoms with Crippen LogP contribution in [0, 0.1) is 0 Å². The van der Waals surface area contributed by atoms with Crippen LogP contribution in [-0.4, -0.2) is 36.5 Å². The Morgan fingerprint density at radius 3 is 2.18 bits per heavy atom. The Morgan fingerprint density at radius 1 is 0.941 bits per heavy atom. The second-order valence-electron chi connectivity index (χ2n) is 6.44. The van der Waals surface area contributed by atoms with Crippen LogP contribution >= 0.6 is 0 Å². The van der Waals surface area contributed by atoms with E-state index in [1.165, 1.54) is 25.7 Å². The molecule has 0 aromatic heterocycles. The van der Waals surface area contributed by atoms with Gasteiger partial charge in [0, 0.05) is 25.9 Å². The van der Waals surface area contributed by atoms with Crippen LogP contribution in [-0.2, 0) is 9.47 Å². The van der Waals surface area contributed by atoms with E-state index in [0.29, 0.717) is 12.2 Å². The molecule has 2 saturated heterocycles. The van der Waals surface area contributed by atoms with E-state index < -0.39 is 0 Å². The van der Waals surface area contributed by atoms with Crippen molar-refractivity contribution >= 4 is 0 Å². The van der Waals surface area contributed by atoms with Crippen molar-refractivity contribution in [1.82, 2.24) is 5.32 Å². The Balaban J connectivity index is 1.77. The zero-order valence-electron chi connectivity index (χ0n) is 11.1. The van der Waals surface area contributed by atoms with E-state index in [9.17, 15) is 0 Å². The maximum atomic E-state index is 6.66. The van der Waals surface area contributed by atoms with Crippen molar-refractivity contribution < 1.29 is 9.47 Å². The fourth-order valence-electron chi connectivity index (χ4n) is 4.20. The summed E-state index contributed by atoms with van der Waals surface area (Å²) >= 11 is 0. The minimum Gasteiger partial charge on any atom is -0.375 e. The van der Waals surface area contributed by atoms with E-state index in [0.717, 1.165) is 25.9 Å². The lowest BCUT2D eigenvalue weighted by molar-refractivity contribution is -0.228. The Bertz CT molecular complexity index is 276. The standard InChI is InChI=1S/C14H25NO2/c1-11-7-14(8-12(2)16-11)10-15-9-13(17-14)5-3-4-6-13/h11-12,15H,3-10H2,1-2H3. The molecule has 98 valence electrons. The second kappa shape index (κ2) is 4.22. The highest BCUT2D eigenvalue weighted by atomic mass is 16.5. The van der Waals surface area contributed by atoms with Crippen molar-refractivity contribution in [1.29, 1.82) is 0 Å². The summed E-state index contributed by atoms with van der Waals surface area (Å²) < 4.78 is 12.5. The molecule has 2 heterocycles. The average Bonchev–Trinajstić information content (AvgIpc) is 2.63. The minimum absolute atomic E-state index is 0.0413. The van der Waals surface area contributed by atoms with Crippen molar-refractivity contribution in [3.63, 3.8) is 0 Å². The molecule has 0 amide bonds. The van der Waals surface area contributed by atoms with Crippen LogP contribution in [0.1, 0.15) is 52.4 Å². The van der Waals surface area contributed by atoms with Crippen LogP contribution in [0.5, 0.6) is 0 Å². The van der Waals surface area contributed by atoms with Gasteiger partial charge in [0.2, 0.25) is 0 Å². The highest BCUT2D eigenvalue weighted by molar-refractivity contribution is 5.01. The summed E-state index contributed by atoms with van der Waals surface area (Å²) in [5.74, 6) is 0. The molecule has 1 saturated carbocycles. The molecule has 3 nitrogen and oxygen atoms in total. The number of morpholine rings is 1. The van der Waals surface area contributed by atoms with E-state index in [4.69, 9.17) is 9.47 Å². The normalized spacial score (nSPS) is 45.5. The van der Waals surface area contributed by atoms with Crippen LogP contribution in [0.15, 0.2) is 0 Å². The fourth-order valence-corrected chi connectivity index (χ4v) is 4.20. The van der Waals surface area contributed by atoms with Gasteiger partial charge in [-0.05, 0) is 26.7 Å². The Hall–Kier alpha value is -0.120. The summed E-state index contributed by atoms with van der Waals surface area (Å²) in [6.45, 7) is 6.42. The van der Waals surface area contributed by atoms with Gasteiger partial charge in [0.05, 0.1) is 23.4 Å². The monoisotopic (exact) mass is 239 g/mol. The Labute approximate surface area is 104 Å². The Morgan fingerprint density at radius 2 is 1.53 bits per heavy atom. The van der Waals surface area contributed by atoms with Crippen molar-refractivity contribution in [2.45, 2.75) is 75.8 Å². The van der Waals surface area contributed by atoms with Gasteiger partial charge >= 0.3 is 0 Å². The maximum Gasteiger partial charge on any atom is 0.0863 e. The maximum absolute atomic E-state index is 6.66. The number of hydrogen-bond donors (Lipinski definition) is 1. The van der Waals surface area contributed by atoms with Crippen LogP contribution in [0.2, 0.25) is 0 Å². The molecule has 3 aliphatic rings. The SMILES string of the molecule is CC1CC2(CNCC3(CCCC3)O2)CC(C)O1. The Kier molecular flexibility index (Phi) is 2.96. The van der Waals surface area contributed by atoms with Crippen molar-refractivity contribution in [2.24, 2.45) is 0 Å². The van der Waals surface area contributed by atoms with Crippen molar-refractivity contribution in [3.05, 3.63) is 0 Å². The number of nitrogens with one attached hydrogen (secondary N) is 1. The topological polar surface area (TPSA) is 30.5 Å². The number of ether oxygens (including phenoxy) is 2. The first-order chi connectivity index (χ1) is 8.12. The van der Waals surface area contributed by atoms with E-state index in [2.05, 4.69) is 19.2 Å². The summed E-state index contributed by atoms with van der Waals surface area (Å²) in [6, 6.07) is 0. The third-order valence-corrected chi connectivity index (χ3v) is 4.63. The summed E-state index contributed by atoms with van der Waals surface area (Å²) in [5, 5.41) is 3.64. The highest BCUT2D eigenvalue weighted by Crippen LogP contribution is 2.43. The van der Waals surface area contributed by atoms with Gasteiger partial charge in [-0.3, -0.25) is 0 Å². The molecule has 17 heavy (non-hydrogen) atoms. The molecule has 3 heteroatoms. The predicted molar refractivity (Wildman–Crippen MR) is 67.1 cm³/mol. The molecular weight excluding hydrogens is 214 g/mol. The average molecular weight is 239 g/mol. The first-order valence-electron chi connectivity index (χ1n) is 7.18. The minimum atomic E-state index is 0.0413. The van der Waals surface area contributed by atoms with Gasteiger partial charge in [0.25, 0.3) is 0 Å².